The van der Waals surface area contributed by atoms with E-state index in [0.29, 0.717) is 5.92 Å². The number of halogens is 1. The van der Waals surface area contributed by atoms with Gasteiger partial charge in [0.2, 0.25) is 0 Å². The summed E-state index contributed by atoms with van der Waals surface area (Å²) < 4.78 is 3.35. The molecule has 0 bridgehead atoms. The van der Waals surface area contributed by atoms with Gasteiger partial charge in [-0.1, -0.05) is 15.9 Å². The third-order valence-corrected chi connectivity index (χ3v) is 4.03. The first-order valence-electron chi connectivity index (χ1n) is 6.08. The Labute approximate surface area is 109 Å². The Hall–Kier alpha value is -0.870. The normalized spacial score (nSPS) is 20.9. The number of piperidine rings is 1. The van der Waals surface area contributed by atoms with Crippen molar-refractivity contribution < 1.29 is 0 Å². The number of nitrogens with zero attached hydrogens (tertiary/aromatic N) is 2. The fraction of sp³-hybridized carbons (Fsp3) is 0.462. The second-order valence-corrected chi connectivity index (χ2v) is 5.62. The summed E-state index contributed by atoms with van der Waals surface area (Å²) in [4.78, 5) is 4.78. The SMILES string of the molecule is Cn1c(C2CCCNC2)nc2ccc(Br)cc21. The molecule has 1 saturated heterocycles. The molecule has 4 heteroatoms. The first-order chi connectivity index (χ1) is 8.25. The van der Waals surface area contributed by atoms with Crippen LogP contribution in [0.4, 0.5) is 0 Å². The highest BCUT2D eigenvalue weighted by atomic mass is 79.9. The number of hydrogen-bond acceptors (Lipinski definition) is 2. The van der Waals surface area contributed by atoms with Gasteiger partial charge < -0.3 is 9.88 Å². The highest BCUT2D eigenvalue weighted by Crippen LogP contribution is 2.27. The third kappa shape index (κ3) is 2.00. The topological polar surface area (TPSA) is 29.9 Å². The molecule has 1 aliphatic rings. The number of aryl methyl sites for hydroxylation is 1. The Morgan fingerprint density at radius 2 is 2.35 bits per heavy atom. The second kappa shape index (κ2) is 4.42. The molecule has 1 N–H and O–H groups in total. The van der Waals surface area contributed by atoms with Crippen LogP contribution in [0.1, 0.15) is 24.6 Å². The smallest absolute Gasteiger partial charge is 0.114 e. The Kier molecular flexibility index (Phi) is 2.92. The van der Waals surface area contributed by atoms with Crippen molar-refractivity contribution in [3.63, 3.8) is 0 Å². The first kappa shape index (κ1) is 11.2. The maximum Gasteiger partial charge on any atom is 0.114 e. The molecule has 0 amide bonds. The highest BCUT2D eigenvalue weighted by Gasteiger charge is 2.20. The molecule has 1 fully saturated rings. The van der Waals surface area contributed by atoms with Crippen molar-refractivity contribution >= 4 is 27.0 Å². The quantitative estimate of drug-likeness (QED) is 0.876. The van der Waals surface area contributed by atoms with Crippen LogP contribution in [0, 0.1) is 0 Å². The van der Waals surface area contributed by atoms with Crippen LogP contribution in [0.5, 0.6) is 0 Å². The fourth-order valence-electron chi connectivity index (χ4n) is 2.62. The van der Waals surface area contributed by atoms with Gasteiger partial charge in [0, 0.05) is 24.0 Å². The van der Waals surface area contributed by atoms with Crippen LogP contribution in [-0.4, -0.2) is 22.6 Å². The minimum Gasteiger partial charge on any atom is -0.331 e. The van der Waals surface area contributed by atoms with E-state index in [1.54, 1.807) is 0 Å². The molecule has 2 aromatic rings. The number of benzene rings is 1. The van der Waals surface area contributed by atoms with E-state index in [9.17, 15) is 0 Å². The van der Waals surface area contributed by atoms with Gasteiger partial charge in [-0.25, -0.2) is 4.98 Å². The molecule has 3 nitrogen and oxygen atoms in total. The predicted molar refractivity (Wildman–Crippen MR) is 73.3 cm³/mol. The predicted octanol–water partition coefficient (Wildman–Crippen LogP) is 2.80. The lowest BCUT2D eigenvalue weighted by molar-refractivity contribution is 0.440. The molecule has 2 heterocycles. The summed E-state index contributed by atoms with van der Waals surface area (Å²) in [7, 11) is 2.12. The Morgan fingerprint density at radius 1 is 1.47 bits per heavy atom. The number of hydrogen-bond donors (Lipinski definition) is 1. The summed E-state index contributed by atoms with van der Waals surface area (Å²) in [5.74, 6) is 1.77. The molecular weight excluding hydrogens is 278 g/mol. The minimum atomic E-state index is 0.555. The Bertz CT molecular complexity index is 541. The third-order valence-electron chi connectivity index (χ3n) is 3.54. The van der Waals surface area contributed by atoms with Gasteiger partial charge >= 0.3 is 0 Å². The second-order valence-electron chi connectivity index (χ2n) is 4.71. The molecule has 0 radical (unpaired) electrons. The van der Waals surface area contributed by atoms with Crippen LogP contribution in [0.3, 0.4) is 0 Å². The van der Waals surface area contributed by atoms with E-state index in [-0.39, 0.29) is 0 Å². The first-order valence-corrected chi connectivity index (χ1v) is 6.87. The number of rotatable bonds is 1. The van der Waals surface area contributed by atoms with E-state index in [1.165, 1.54) is 24.2 Å². The monoisotopic (exact) mass is 293 g/mol. The van der Waals surface area contributed by atoms with Crippen LogP contribution in [0.25, 0.3) is 11.0 Å². The zero-order chi connectivity index (χ0) is 11.8. The molecule has 1 aliphatic heterocycles. The number of nitrogens with one attached hydrogen (secondary N) is 1. The summed E-state index contributed by atoms with van der Waals surface area (Å²) in [6.45, 7) is 2.20. The van der Waals surface area contributed by atoms with Crippen molar-refractivity contribution in [3.05, 3.63) is 28.5 Å². The lowest BCUT2D eigenvalue weighted by atomic mass is 9.99. The average Bonchev–Trinajstić information content (AvgIpc) is 2.68. The summed E-state index contributed by atoms with van der Waals surface area (Å²) in [6, 6.07) is 6.28. The Morgan fingerprint density at radius 3 is 3.12 bits per heavy atom. The molecule has 3 rings (SSSR count). The molecule has 0 aliphatic carbocycles. The van der Waals surface area contributed by atoms with E-state index in [0.717, 1.165) is 23.1 Å². The minimum absolute atomic E-state index is 0.555. The number of imidazole rings is 1. The number of fused-ring (bicyclic) bond motifs is 1. The van der Waals surface area contributed by atoms with Gasteiger partial charge in [-0.3, -0.25) is 0 Å². The van der Waals surface area contributed by atoms with Gasteiger partial charge in [0.05, 0.1) is 11.0 Å². The van der Waals surface area contributed by atoms with Crippen molar-refractivity contribution in [3.8, 4) is 0 Å². The maximum absolute atomic E-state index is 4.78. The number of aromatic nitrogens is 2. The Balaban J connectivity index is 2.07. The molecule has 17 heavy (non-hydrogen) atoms. The molecule has 1 aromatic carbocycles. The molecule has 1 unspecified atom stereocenters. The standard InChI is InChI=1S/C13H16BrN3/c1-17-12-7-10(14)4-5-11(12)16-13(17)9-3-2-6-15-8-9/h4-5,7,9,15H,2-3,6,8H2,1H3. The van der Waals surface area contributed by atoms with Gasteiger partial charge in [0.15, 0.2) is 0 Å². The summed E-state index contributed by atoms with van der Waals surface area (Å²) >= 11 is 3.52. The molecule has 1 atom stereocenters. The van der Waals surface area contributed by atoms with Gasteiger partial charge in [0.25, 0.3) is 0 Å². The molecule has 0 spiro atoms. The zero-order valence-electron chi connectivity index (χ0n) is 9.91. The van der Waals surface area contributed by atoms with E-state index >= 15 is 0 Å². The lowest BCUT2D eigenvalue weighted by Gasteiger charge is -2.22. The highest BCUT2D eigenvalue weighted by molar-refractivity contribution is 9.10. The van der Waals surface area contributed by atoms with Crippen molar-refractivity contribution in [1.29, 1.82) is 0 Å². The summed E-state index contributed by atoms with van der Waals surface area (Å²) in [5, 5.41) is 3.45. The van der Waals surface area contributed by atoms with Crippen LogP contribution < -0.4 is 5.32 Å². The van der Waals surface area contributed by atoms with E-state index in [2.05, 4.69) is 51.1 Å². The van der Waals surface area contributed by atoms with Crippen molar-refractivity contribution in [2.24, 2.45) is 7.05 Å². The van der Waals surface area contributed by atoms with Crippen LogP contribution in [-0.2, 0) is 7.05 Å². The summed E-state index contributed by atoms with van der Waals surface area (Å²) in [5.41, 5.74) is 2.30. The molecular formula is C13H16BrN3. The zero-order valence-corrected chi connectivity index (χ0v) is 11.5. The van der Waals surface area contributed by atoms with E-state index < -0.39 is 0 Å². The molecule has 90 valence electrons. The molecule has 1 aromatic heterocycles. The van der Waals surface area contributed by atoms with E-state index in [1.807, 2.05) is 0 Å². The maximum atomic E-state index is 4.78. The van der Waals surface area contributed by atoms with Crippen molar-refractivity contribution in [2.45, 2.75) is 18.8 Å². The van der Waals surface area contributed by atoms with Crippen LogP contribution in [0.2, 0.25) is 0 Å². The van der Waals surface area contributed by atoms with Gasteiger partial charge in [-0.05, 0) is 37.6 Å². The van der Waals surface area contributed by atoms with Crippen molar-refractivity contribution in [1.82, 2.24) is 14.9 Å². The molecule has 0 saturated carbocycles. The van der Waals surface area contributed by atoms with Gasteiger partial charge in [-0.2, -0.15) is 0 Å². The van der Waals surface area contributed by atoms with Crippen molar-refractivity contribution in [2.75, 3.05) is 13.1 Å². The van der Waals surface area contributed by atoms with Crippen LogP contribution >= 0.6 is 15.9 Å². The largest absolute Gasteiger partial charge is 0.331 e. The summed E-state index contributed by atoms with van der Waals surface area (Å²) in [6.07, 6.45) is 2.49. The van der Waals surface area contributed by atoms with Gasteiger partial charge in [-0.15, -0.1) is 0 Å². The van der Waals surface area contributed by atoms with Crippen LogP contribution in [0.15, 0.2) is 22.7 Å². The lowest BCUT2D eigenvalue weighted by Crippen LogP contribution is -2.29. The average molecular weight is 294 g/mol. The van der Waals surface area contributed by atoms with E-state index in [4.69, 9.17) is 4.98 Å². The van der Waals surface area contributed by atoms with Gasteiger partial charge in [0.1, 0.15) is 5.82 Å². The fourth-order valence-corrected chi connectivity index (χ4v) is 2.97.